The normalized spacial score (nSPS) is 12.5. The second kappa shape index (κ2) is 9.62. The molecule has 0 saturated heterocycles. The van der Waals surface area contributed by atoms with Crippen molar-refractivity contribution >= 4 is 23.7 Å². The van der Waals surface area contributed by atoms with Gasteiger partial charge in [-0.2, -0.15) is 35.1 Å². The van der Waals surface area contributed by atoms with Gasteiger partial charge in [0.25, 0.3) is 5.91 Å². The Balaban J connectivity index is 2.65. The molecule has 0 aromatic heterocycles. The summed E-state index contributed by atoms with van der Waals surface area (Å²) in [6.45, 7) is -3.04. The molecule has 0 aliphatic heterocycles. The number of halogens is 10. The van der Waals surface area contributed by atoms with Gasteiger partial charge in [-0.3, -0.25) is 9.59 Å². The smallest absolute Gasteiger partial charge is 0.433 e. The fourth-order valence-corrected chi connectivity index (χ4v) is 3.00. The number of anilines is 2. The molecule has 2 rings (SSSR count). The van der Waals surface area contributed by atoms with Gasteiger partial charge in [0.05, 0.1) is 16.9 Å². The van der Waals surface area contributed by atoms with E-state index in [4.69, 9.17) is 0 Å². The third-order valence-electron chi connectivity index (χ3n) is 4.69. The fraction of sp³-hybridized carbons (Fsp3) is 0.300. The van der Waals surface area contributed by atoms with Crippen LogP contribution in [0.15, 0.2) is 30.3 Å². The molecule has 15 heteroatoms. The Morgan fingerprint density at radius 3 is 2.11 bits per heavy atom. The van der Waals surface area contributed by atoms with E-state index in [1.54, 1.807) is 0 Å². The standard InChI is InChI=1S/C20H14F10N2O3/c1-9-6-10(18(24,19(25,26)27)20(28,29)30)7-13(35-17(22)23)15(9)31-16(34)11-4-3-5-12(14(11)21)32(2)8-33/h3-8,17H,1-2H3,(H,31,34). The minimum Gasteiger partial charge on any atom is -0.433 e. The molecule has 2 aromatic carbocycles. The molecule has 0 unspecified atom stereocenters. The molecule has 192 valence electrons. The summed E-state index contributed by atoms with van der Waals surface area (Å²) < 4.78 is 137. The van der Waals surface area contributed by atoms with Crippen LogP contribution < -0.4 is 15.0 Å². The molecule has 0 aliphatic rings. The van der Waals surface area contributed by atoms with Crippen LogP contribution in [0.25, 0.3) is 0 Å². The van der Waals surface area contributed by atoms with Crippen molar-refractivity contribution in [1.29, 1.82) is 0 Å². The quantitative estimate of drug-likeness (QED) is 0.367. The summed E-state index contributed by atoms with van der Waals surface area (Å²) in [6, 6.07) is 2.86. The Labute approximate surface area is 190 Å². The van der Waals surface area contributed by atoms with Crippen molar-refractivity contribution in [2.45, 2.75) is 31.6 Å². The number of hydrogen-bond acceptors (Lipinski definition) is 3. The molecule has 2 amide bonds. The second-order valence-electron chi connectivity index (χ2n) is 7.01. The van der Waals surface area contributed by atoms with Crippen LogP contribution in [0.1, 0.15) is 21.5 Å². The highest BCUT2D eigenvalue weighted by atomic mass is 19.4. The molecule has 35 heavy (non-hydrogen) atoms. The molecule has 0 radical (unpaired) electrons. The van der Waals surface area contributed by atoms with Crippen molar-refractivity contribution < 1.29 is 58.2 Å². The van der Waals surface area contributed by atoms with E-state index < -0.39 is 64.5 Å². The van der Waals surface area contributed by atoms with Crippen molar-refractivity contribution in [1.82, 2.24) is 0 Å². The van der Waals surface area contributed by atoms with Gasteiger partial charge in [-0.25, -0.2) is 8.78 Å². The first-order chi connectivity index (χ1) is 16.0. The molecule has 0 atom stereocenters. The molecule has 0 spiro atoms. The Kier molecular flexibility index (Phi) is 7.62. The van der Waals surface area contributed by atoms with E-state index in [1.165, 1.54) is 0 Å². The minimum atomic E-state index is -6.54. The third kappa shape index (κ3) is 5.27. The monoisotopic (exact) mass is 520 g/mol. The van der Waals surface area contributed by atoms with Crippen molar-refractivity contribution in [3.05, 3.63) is 52.8 Å². The van der Waals surface area contributed by atoms with Gasteiger partial charge in [-0.1, -0.05) is 6.07 Å². The van der Waals surface area contributed by atoms with Gasteiger partial charge in [0.2, 0.25) is 6.41 Å². The lowest BCUT2D eigenvalue weighted by Gasteiger charge is -2.31. The Morgan fingerprint density at radius 1 is 1.06 bits per heavy atom. The van der Waals surface area contributed by atoms with Crippen LogP contribution in [0.4, 0.5) is 55.3 Å². The third-order valence-corrected chi connectivity index (χ3v) is 4.69. The number of amides is 2. The summed E-state index contributed by atoms with van der Waals surface area (Å²) in [7, 11) is 1.13. The average Bonchev–Trinajstić information content (AvgIpc) is 2.72. The van der Waals surface area contributed by atoms with Crippen LogP contribution in [-0.2, 0) is 10.5 Å². The summed E-state index contributed by atoms with van der Waals surface area (Å²) >= 11 is 0. The van der Waals surface area contributed by atoms with Gasteiger partial charge in [0, 0.05) is 12.6 Å². The summed E-state index contributed by atoms with van der Waals surface area (Å²) in [6.07, 6.45) is -12.9. The Bertz CT molecular complexity index is 1100. The number of nitrogens with one attached hydrogen (secondary N) is 1. The SMILES string of the molecule is Cc1cc(C(F)(C(F)(F)F)C(F)(F)F)cc(OC(F)F)c1NC(=O)c1cccc(N(C)C=O)c1F. The van der Waals surface area contributed by atoms with E-state index in [9.17, 15) is 53.5 Å². The zero-order valence-electron chi connectivity index (χ0n) is 17.5. The molecule has 2 aromatic rings. The summed E-state index contributed by atoms with van der Waals surface area (Å²) in [5, 5.41) is 1.85. The number of hydrogen-bond donors (Lipinski definition) is 1. The van der Waals surface area contributed by atoms with Crippen LogP contribution in [0.3, 0.4) is 0 Å². The lowest BCUT2D eigenvalue weighted by atomic mass is 9.92. The zero-order chi connectivity index (χ0) is 26.9. The first-order valence-electron chi connectivity index (χ1n) is 9.16. The predicted molar refractivity (Wildman–Crippen MR) is 102 cm³/mol. The Hall–Kier alpha value is -3.52. The van der Waals surface area contributed by atoms with Crippen molar-refractivity contribution in [2.75, 3.05) is 17.3 Å². The molecule has 0 fully saturated rings. The number of carbonyl (C=O) groups is 2. The summed E-state index contributed by atoms with van der Waals surface area (Å²) in [5.74, 6) is -4.10. The Morgan fingerprint density at radius 2 is 1.63 bits per heavy atom. The number of benzene rings is 2. The lowest BCUT2D eigenvalue weighted by molar-refractivity contribution is -0.348. The molecule has 5 nitrogen and oxygen atoms in total. The number of alkyl halides is 9. The van der Waals surface area contributed by atoms with Crippen LogP contribution in [0, 0.1) is 12.7 Å². The number of aryl methyl sites for hydroxylation is 1. The first-order valence-corrected chi connectivity index (χ1v) is 9.16. The van der Waals surface area contributed by atoms with E-state index >= 15 is 0 Å². The van der Waals surface area contributed by atoms with E-state index in [1.807, 2.05) is 5.32 Å². The zero-order valence-corrected chi connectivity index (χ0v) is 17.5. The summed E-state index contributed by atoms with van der Waals surface area (Å²) in [4.78, 5) is 24.2. The maximum atomic E-state index is 14.6. The number of rotatable bonds is 7. The van der Waals surface area contributed by atoms with Gasteiger partial charge < -0.3 is 15.0 Å². The van der Waals surface area contributed by atoms with Gasteiger partial charge in [0.1, 0.15) is 5.75 Å². The molecule has 1 N–H and O–H groups in total. The second-order valence-corrected chi connectivity index (χ2v) is 7.01. The largest absolute Gasteiger partial charge is 0.435 e. The van der Waals surface area contributed by atoms with Gasteiger partial charge in [-0.05, 0) is 36.8 Å². The van der Waals surface area contributed by atoms with E-state index in [0.29, 0.717) is 0 Å². The molecular formula is C20H14F10N2O3. The van der Waals surface area contributed by atoms with E-state index in [2.05, 4.69) is 4.74 Å². The van der Waals surface area contributed by atoms with Gasteiger partial charge in [-0.15, -0.1) is 0 Å². The van der Waals surface area contributed by atoms with Crippen molar-refractivity contribution in [2.24, 2.45) is 0 Å². The average molecular weight is 520 g/mol. The van der Waals surface area contributed by atoms with Crippen LogP contribution in [0.5, 0.6) is 5.75 Å². The number of nitrogens with zero attached hydrogens (tertiary/aromatic N) is 1. The first kappa shape index (κ1) is 27.7. The van der Waals surface area contributed by atoms with E-state index in [-0.39, 0.29) is 24.2 Å². The molecule has 0 aliphatic carbocycles. The topological polar surface area (TPSA) is 58.6 Å². The van der Waals surface area contributed by atoms with Crippen LogP contribution in [-0.4, -0.2) is 38.3 Å². The van der Waals surface area contributed by atoms with E-state index in [0.717, 1.165) is 37.1 Å². The van der Waals surface area contributed by atoms with Gasteiger partial charge >= 0.3 is 24.6 Å². The van der Waals surface area contributed by atoms with Crippen molar-refractivity contribution in [3.63, 3.8) is 0 Å². The summed E-state index contributed by atoms with van der Waals surface area (Å²) in [5.41, 5.74) is -10.9. The number of carbonyl (C=O) groups excluding carboxylic acids is 2. The van der Waals surface area contributed by atoms with Gasteiger partial charge in [0.15, 0.2) is 5.82 Å². The number of ether oxygens (including phenoxy) is 1. The minimum absolute atomic E-state index is 0.0296. The fourth-order valence-electron chi connectivity index (χ4n) is 3.00. The predicted octanol–water partition coefficient (Wildman–Crippen LogP) is 5.87. The molecule has 0 bridgehead atoms. The lowest BCUT2D eigenvalue weighted by Crippen LogP contribution is -2.50. The molecular weight excluding hydrogens is 506 g/mol. The van der Waals surface area contributed by atoms with Crippen LogP contribution in [0.2, 0.25) is 0 Å². The van der Waals surface area contributed by atoms with Crippen LogP contribution >= 0.6 is 0 Å². The molecule has 0 saturated carbocycles. The highest BCUT2D eigenvalue weighted by molar-refractivity contribution is 6.06. The van der Waals surface area contributed by atoms with Crippen molar-refractivity contribution in [3.8, 4) is 5.75 Å². The maximum Gasteiger partial charge on any atom is 0.435 e. The highest BCUT2D eigenvalue weighted by Crippen LogP contribution is 2.54. The maximum absolute atomic E-state index is 14.6. The highest BCUT2D eigenvalue weighted by Gasteiger charge is 2.73. The molecule has 0 heterocycles.